The number of benzene rings is 1. The van der Waals surface area contributed by atoms with Crippen LogP contribution in [0.4, 0.5) is 0 Å². The van der Waals surface area contributed by atoms with Gasteiger partial charge in [0, 0.05) is 5.88 Å². The van der Waals surface area contributed by atoms with Crippen molar-refractivity contribution in [3.63, 3.8) is 0 Å². The fraction of sp³-hybridized carbons (Fsp3) is 0.455. The van der Waals surface area contributed by atoms with Gasteiger partial charge in [-0.2, -0.15) is 0 Å². The Morgan fingerprint density at radius 3 is 2.69 bits per heavy atom. The van der Waals surface area contributed by atoms with Crippen LogP contribution in [-0.2, 0) is 12.3 Å². The van der Waals surface area contributed by atoms with E-state index in [4.69, 9.17) is 16.3 Å². The maximum absolute atomic E-state index is 5.84. The molecule has 13 heavy (non-hydrogen) atoms. The molecule has 0 saturated carbocycles. The molecule has 2 heteroatoms. The predicted molar refractivity (Wildman–Crippen MR) is 56.5 cm³/mol. The molecule has 0 aliphatic heterocycles. The Hall–Kier alpha value is -0.690. The number of hydrogen-bond donors (Lipinski definition) is 0. The minimum Gasteiger partial charge on any atom is -0.496 e. The molecule has 1 aromatic carbocycles. The van der Waals surface area contributed by atoms with Crippen molar-refractivity contribution >= 4 is 11.6 Å². The van der Waals surface area contributed by atoms with Crippen molar-refractivity contribution in [1.29, 1.82) is 0 Å². The summed E-state index contributed by atoms with van der Waals surface area (Å²) >= 11 is 5.84. The number of halogens is 1. The molecule has 0 bridgehead atoms. The molecule has 0 heterocycles. The molecule has 0 fully saturated rings. The van der Waals surface area contributed by atoms with Crippen LogP contribution >= 0.6 is 11.6 Å². The van der Waals surface area contributed by atoms with Gasteiger partial charge in [0.05, 0.1) is 7.11 Å². The third-order valence-electron chi connectivity index (χ3n) is 2.09. The highest BCUT2D eigenvalue weighted by molar-refractivity contribution is 6.17. The third kappa shape index (κ3) is 2.38. The summed E-state index contributed by atoms with van der Waals surface area (Å²) in [5, 5.41) is 0. The first-order valence-electron chi connectivity index (χ1n) is 4.54. The summed E-state index contributed by atoms with van der Waals surface area (Å²) in [6, 6.07) is 6.03. The molecule has 0 N–H and O–H groups in total. The molecule has 0 radical (unpaired) electrons. The summed E-state index contributed by atoms with van der Waals surface area (Å²) in [6.07, 6.45) is 2.15. The van der Waals surface area contributed by atoms with Crippen LogP contribution in [0.1, 0.15) is 24.5 Å². The van der Waals surface area contributed by atoms with E-state index in [1.165, 1.54) is 11.1 Å². The molecule has 1 nitrogen and oxygen atoms in total. The Kier molecular flexibility index (Phi) is 4.10. The molecule has 0 aliphatic rings. The normalized spacial score (nSPS) is 10.1. The van der Waals surface area contributed by atoms with E-state index in [9.17, 15) is 0 Å². The molecule has 0 spiro atoms. The van der Waals surface area contributed by atoms with Crippen LogP contribution < -0.4 is 4.74 Å². The maximum Gasteiger partial charge on any atom is 0.122 e. The van der Waals surface area contributed by atoms with Crippen LogP contribution in [0, 0.1) is 0 Å². The van der Waals surface area contributed by atoms with Crippen LogP contribution in [0.25, 0.3) is 0 Å². The average Bonchev–Trinajstić information content (AvgIpc) is 2.18. The van der Waals surface area contributed by atoms with E-state index in [0.717, 1.165) is 18.6 Å². The monoisotopic (exact) mass is 198 g/mol. The van der Waals surface area contributed by atoms with Crippen LogP contribution in [0.3, 0.4) is 0 Å². The Morgan fingerprint density at radius 2 is 2.15 bits per heavy atom. The van der Waals surface area contributed by atoms with E-state index in [1.54, 1.807) is 7.11 Å². The molecule has 72 valence electrons. The Morgan fingerprint density at radius 1 is 1.38 bits per heavy atom. The third-order valence-corrected chi connectivity index (χ3v) is 2.38. The van der Waals surface area contributed by atoms with Gasteiger partial charge >= 0.3 is 0 Å². The van der Waals surface area contributed by atoms with Gasteiger partial charge in [-0.05, 0) is 23.6 Å². The highest BCUT2D eigenvalue weighted by Crippen LogP contribution is 2.24. The zero-order valence-corrected chi connectivity index (χ0v) is 8.90. The largest absolute Gasteiger partial charge is 0.496 e. The van der Waals surface area contributed by atoms with E-state index in [2.05, 4.69) is 13.0 Å². The number of alkyl halides is 1. The van der Waals surface area contributed by atoms with Gasteiger partial charge in [0.15, 0.2) is 0 Å². The van der Waals surface area contributed by atoms with Crippen molar-refractivity contribution in [1.82, 2.24) is 0 Å². The number of ether oxygens (including phenoxy) is 1. The Bertz CT molecular complexity index is 249. The van der Waals surface area contributed by atoms with Crippen molar-refractivity contribution < 1.29 is 4.74 Å². The second kappa shape index (κ2) is 5.13. The zero-order chi connectivity index (χ0) is 9.68. The molecule has 0 saturated heterocycles. The highest BCUT2D eigenvalue weighted by Gasteiger charge is 2.06. The summed E-state index contributed by atoms with van der Waals surface area (Å²) in [7, 11) is 1.70. The smallest absolute Gasteiger partial charge is 0.122 e. The van der Waals surface area contributed by atoms with E-state index in [-0.39, 0.29) is 0 Å². The molecule has 0 aliphatic carbocycles. The van der Waals surface area contributed by atoms with Gasteiger partial charge in [-0.3, -0.25) is 0 Å². The van der Waals surface area contributed by atoms with Gasteiger partial charge in [-0.1, -0.05) is 25.5 Å². The van der Waals surface area contributed by atoms with Crippen LogP contribution in [0.15, 0.2) is 18.2 Å². The number of methoxy groups -OCH3 is 1. The lowest BCUT2D eigenvalue weighted by atomic mass is 10.0. The first-order valence-corrected chi connectivity index (χ1v) is 5.07. The van der Waals surface area contributed by atoms with E-state index >= 15 is 0 Å². The Balaban J connectivity index is 3.05. The summed E-state index contributed by atoms with van der Waals surface area (Å²) in [5.41, 5.74) is 2.44. The molecule has 0 amide bonds. The van der Waals surface area contributed by atoms with Gasteiger partial charge in [-0.15, -0.1) is 11.6 Å². The first-order chi connectivity index (χ1) is 6.33. The molecular formula is C11H15ClO. The highest BCUT2D eigenvalue weighted by atomic mass is 35.5. The van der Waals surface area contributed by atoms with Crippen LogP contribution in [-0.4, -0.2) is 7.11 Å². The lowest BCUT2D eigenvalue weighted by Gasteiger charge is -2.11. The lowest BCUT2D eigenvalue weighted by molar-refractivity contribution is 0.409. The van der Waals surface area contributed by atoms with Gasteiger partial charge in [0.25, 0.3) is 0 Å². The fourth-order valence-electron chi connectivity index (χ4n) is 1.46. The molecule has 0 unspecified atom stereocenters. The summed E-state index contributed by atoms with van der Waals surface area (Å²) in [4.78, 5) is 0. The minimum atomic E-state index is 0.562. The molecule has 0 atom stereocenters. The second-order valence-corrected chi connectivity index (χ2v) is 3.25. The van der Waals surface area contributed by atoms with Crippen molar-refractivity contribution in [2.75, 3.05) is 7.11 Å². The van der Waals surface area contributed by atoms with E-state index < -0.39 is 0 Å². The quantitative estimate of drug-likeness (QED) is 0.674. The molecule has 1 rings (SSSR count). The van der Waals surface area contributed by atoms with Gasteiger partial charge in [-0.25, -0.2) is 0 Å². The van der Waals surface area contributed by atoms with Gasteiger partial charge in [0.2, 0.25) is 0 Å². The lowest BCUT2D eigenvalue weighted by Crippen LogP contribution is -1.96. The van der Waals surface area contributed by atoms with Gasteiger partial charge < -0.3 is 4.74 Å². The van der Waals surface area contributed by atoms with Crippen molar-refractivity contribution in [3.05, 3.63) is 29.3 Å². The first kappa shape index (κ1) is 10.4. The summed E-state index contributed by atoms with van der Waals surface area (Å²) in [6.45, 7) is 2.16. The van der Waals surface area contributed by atoms with Crippen LogP contribution in [0.2, 0.25) is 0 Å². The van der Waals surface area contributed by atoms with E-state index in [1.807, 2.05) is 12.1 Å². The van der Waals surface area contributed by atoms with Crippen molar-refractivity contribution in [3.8, 4) is 5.75 Å². The zero-order valence-electron chi connectivity index (χ0n) is 8.14. The standard InChI is InChI=1S/C11H15ClO/c1-3-5-10-9(8-12)6-4-7-11(10)13-2/h4,6-7H,3,5,8H2,1-2H3. The summed E-state index contributed by atoms with van der Waals surface area (Å²) < 4.78 is 5.28. The molecular weight excluding hydrogens is 184 g/mol. The van der Waals surface area contributed by atoms with Crippen molar-refractivity contribution in [2.24, 2.45) is 0 Å². The average molecular weight is 199 g/mol. The van der Waals surface area contributed by atoms with Crippen molar-refractivity contribution in [2.45, 2.75) is 25.6 Å². The Labute approximate surface area is 84.7 Å². The molecule has 0 aromatic heterocycles. The SMILES string of the molecule is CCCc1c(CCl)cccc1OC. The number of rotatable bonds is 4. The summed E-state index contributed by atoms with van der Waals surface area (Å²) in [5.74, 6) is 1.52. The van der Waals surface area contributed by atoms with Gasteiger partial charge in [0.1, 0.15) is 5.75 Å². The number of hydrogen-bond acceptors (Lipinski definition) is 1. The molecule has 1 aromatic rings. The maximum atomic E-state index is 5.84. The van der Waals surface area contributed by atoms with E-state index in [0.29, 0.717) is 5.88 Å². The topological polar surface area (TPSA) is 9.23 Å². The minimum absolute atomic E-state index is 0.562. The fourth-order valence-corrected chi connectivity index (χ4v) is 1.71. The van der Waals surface area contributed by atoms with Crippen LogP contribution in [0.5, 0.6) is 5.75 Å². The second-order valence-electron chi connectivity index (χ2n) is 2.98. The predicted octanol–water partition coefficient (Wildman–Crippen LogP) is 3.39.